The summed E-state index contributed by atoms with van der Waals surface area (Å²) in [5, 5.41) is 11.1. The number of halogens is 1. The lowest BCUT2D eigenvalue weighted by Crippen LogP contribution is -2.22. The van der Waals surface area contributed by atoms with Gasteiger partial charge in [0.1, 0.15) is 5.82 Å². The fraction of sp³-hybridized carbons (Fsp3) is 0.474. The van der Waals surface area contributed by atoms with E-state index in [2.05, 4.69) is 46.6 Å². The molecule has 0 spiro atoms. The number of nitrogens with one attached hydrogen (secondary N) is 2. The number of carbonyl (C=O) groups is 1. The standard InChI is InChI=1S/C19H27N5O.ClH/c1-12(14-6-8-17-15(10-14)7-9-18(25)21-17)20-11-16-13(2)22-24(5)19(16)23(3)4;/h6,8,10,12,20H,7,9,11H2,1-5H3,(H,21,25);1H. The summed E-state index contributed by atoms with van der Waals surface area (Å²) in [6.07, 6.45) is 1.38. The molecule has 6 nitrogen and oxygen atoms in total. The molecule has 26 heavy (non-hydrogen) atoms. The lowest BCUT2D eigenvalue weighted by molar-refractivity contribution is -0.116. The predicted octanol–water partition coefficient (Wildman–Crippen LogP) is 2.95. The zero-order valence-electron chi connectivity index (χ0n) is 16.1. The molecule has 0 saturated carbocycles. The molecule has 3 rings (SSSR count). The maximum Gasteiger partial charge on any atom is 0.224 e. The Hall–Kier alpha value is -2.05. The molecule has 142 valence electrons. The van der Waals surface area contributed by atoms with E-state index in [4.69, 9.17) is 0 Å². The molecule has 7 heteroatoms. The van der Waals surface area contributed by atoms with Crippen LogP contribution in [0.25, 0.3) is 0 Å². The SMILES string of the molecule is Cc1nn(C)c(N(C)C)c1CNC(C)c1ccc2c(c1)CCC(=O)N2.Cl. The van der Waals surface area contributed by atoms with Gasteiger partial charge in [0.05, 0.1) is 5.69 Å². The number of amides is 1. The van der Waals surface area contributed by atoms with Crippen LogP contribution in [0.15, 0.2) is 18.2 Å². The molecule has 0 fully saturated rings. The lowest BCUT2D eigenvalue weighted by Gasteiger charge is -2.21. The Balaban J connectivity index is 0.00000243. The first-order chi connectivity index (χ1) is 11.9. The fourth-order valence-electron chi connectivity index (χ4n) is 3.50. The summed E-state index contributed by atoms with van der Waals surface area (Å²) in [6.45, 7) is 4.99. The van der Waals surface area contributed by atoms with E-state index in [0.29, 0.717) is 6.42 Å². The van der Waals surface area contributed by atoms with Gasteiger partial charge in [-0.2, -0.15) is 5.10 Å². The summed E-state index contributed by atoms with van der Waals surface area (Å²) in [4.78, 5) is 13.6. The average molecular weight is 378 g/mol. The van der Waals surface area contributed by atoms with Gasteiger partial charge in [0, 0.05) is 51.4 Å². The Morgan fingerprint density at radius 2 is 2.08 bits per heavy atom. The van der Waals surface area contributed by atoms with Crippen molar-refractivity contribution < 1.29 is 4.79 Å². The number of nitrogens with zero attached hydrogens (tertiary/aromatic N) is 3. The van der Waals surface area contributed by atoms with Gasteiger partial charge in [-0.1, -0.05) is 12.1 Å². The summed E-state index contributed by atoms with van der Waals surface area (Å²) < 4.78 is 1.93. The van der Waals surface area contributed by atoms with E-state index in [1.807, 2.05) is 31.9 Å². The van der Waals surface area contributed by atoms with Crippen LogP contribution in [0, 0.1) is 6.92 Å². The normalized spacial score (nSPS) is 14.3. The molecular weight excluding hydrogens is 350 g/mol. The van der Waals surface area contributed by atoms with Crippen LogP contribution in [0.3, 0.4) is 0 Å². The van der Waals surface area contributed by atoms with Gasteiger partial charge >= 0.3 is 0 Å². The second-order valence-electron chi connectivity index (χ2n) is 6.97. The van der Waals surface area contributed by atoms with E-state index in [1.165, 1.54) is 16.7 Å². The highest BCUT2D eigenvalue weighted by molar-refractivity contribution is 5.93. The molecule has 1 unspecified atom stereocenters. The van der Waals surface area contributed by atoms with Crippen molar-refractivity contribution >= 4 is 29.8 Å². The summed E-state index contributed by atoms with van der Waals surface area (Å²) in [5.74, 6) is 1.24. The van der Waals surface area contributed by atoms with Gasteiger partial charge in [-0.15, -0.1) is 12.4 Å². The number of fused-ring (bicyclic) bond motifs is 1. The van der Waals surface area contributed by atoms with Crippen molar-refractivity contribution in [1.29, 1.82) is 0 Å². The van der Waals surface area contributed by atoms with Gasteiger partial charge in [-0.25, -0.2) is 0 Å². The van der Waals surface area contributed by atoms with Crippen LogP contribution in [0.4, 0.5) is 11.5 Å². The van der Waals surface area contributed by atoms with Crippen molar-refractivity contribution in [3.8, 4) is 0 Å². The van der Waals surface area contributed by atoms with E-state index in [1.54, 1.807) is 0 Å². The Kier molecular flexibility index (Phi) is 6.31. The third kappa shape index (κ3) is 4.02. The third-order valence-corrected chi connectivity index (χ3v) is 4.85. The number of benzene rings is 1. The van der Waals surface area contributed by atoms with Crippen LogP contribution in [0.1, 0.15) is 41.8 Å². The molecule has 1 aromatic carbocycles. The van der Waals surface area contributed by atoms with E-state index in [9.17, 15) is 4.79 Å². The smallest absolute Gasteiger partial charge is 0.224 e. The minimum absolute atomic E-state index is 0. The van der Waals surface area contributed by atoms with E-state index in [-0.39, 0.29) is 24.4 Å². The topological polar surface area (TPSA) is 62.2 Å². The number of hydrogen-bond donors (Lipinski definition) is 2. The summed E-state index contributed by atoms with van der Waals surface area (Å²) in [6, 6.07) is 6.53. The molecule has 0 radical (unpaired) electrons. The minimum atomic E-state index is 0. The molecule has 2 aromatic rings. The molecule has 1 aromatic heterocycles. The average Bonchev–Trinajstić information content (AvgIpc) is 2.85. The molecule has 1 aliphatic rings. The summed E-state index contributed by atoms with van der Waals surface area (Å²) in [5.41, 5.74) is 5.69. The monoisotopic (exact) mass is 377 g/mol. The Morgan fingerprint density at radius 1 is 1.35 bits per heavy atom. The summed E-state index contributed by atoms with van der Waals surface area (Å²) >= 11 is 0. The van der Waals surface area contributed by atoms with Crippen LogP contribution in [0.5, 0.6) is 0 Å². The molecule has 1 atom stereocenters. The first-order valence-corrected chi connectivity index (χ1v) is 8.72. The number of hydrogen-bond acceptors (Lipinski definition) is 4. The minimum Gasteiger partial charge on any atom is -0.363 e. The van der Waals surface area contributed by atoms with Crippen LogP contribution in [0.2, 0.25) is 0 Å². The van der Waals surface area contributed by atoms with Gasteiger partial charge in [-0.3, -0.25) is 9.48 Å². The van der Waals surface area contributed by atoms with E-state index in [0.717, 1.165) is 30.2 Å². The van der Waals surface area contributed by atoms with Crippen molar-refractivity contribution in [2.45, 2.75) is 39.3 Å². The highest BCUT2D eigenvalue weighted by Crippen LogP contribution is 2.27. The molecule has 1 aliphatic heterocycles. The molecule has 2 heterocycles. The van der Waals surface area contributed by atoms with Gasteiger partial charge in [0.2, 0.25) is 5.91 Å². The first-order valence-electron chi connectivity index (χ1n) is 8.72. The third-order valence-electron chi connectivity index (χ3n) is 4.85. The number of carbonyl (C=O) groups excluding carboxylic acids is 1. The van der Waals surface area contributed by atoms with Crippen molar-refractivity contribution in [2.24, 2.45) is 7.05 Å². The van der Waals surface area contributed by atoms with Crippen LogP contribution in [-0.2, 0) is 24.8 Å². The van der Waals surface area contributed by atoms with Crippen molar-refractivity contribution in [1.82, 2.24) is 15.1 Å². The highest BCUT2D eigenvalue weighted by atomic mass is 35.5. The Bertz CT molecular complexity index is 799. The molecule has 0 bridgehead atoms. The largest absolute Gasteiger partial charge is 0.363 e. The summed E-state index contributed by atoms with van der Waals surface area (Å²) in [7, 11) is 6.06. The van der Waals surface area contributed by atoms with Crippen molar-refractivity contribution in [3.63, 3.8) is 0 Å². The quantitative estimate of drug-likeness (QED) is 0.840. The maximum absolute atomic E-state index is 11.5. The van der Waals surface area contributed by atoms with Gasteiger partial charge in [0.25, 0.3) is 0 Å². The molecule has 0 saturated heterocycles. The van der Waals surface area contributed by atoms with Gasteiger partial charge in [0.15, 0.2) is 0 Å². The molecule has 0 aliphatic carbocycles. The Labute approximate surface area is 161 Å². The number of aryl methyl sites for hydroxylation is 3. The second-order valence-corrected chi connectivity index (χ2v) is 6.97. The zero-order chi connectivity index (χ0) is 18.1. The van der Waals surface area contributed by atoms with Crippen LogP contribution in [-0.4, -0.2) is 29.8 Å². The van der Waals surface area contributed by atoms with Gasteiger partial charge < -0.3 is 15.5 Å². The van der Waals surface area contributed by atoms with Crippen molar-refractivity contribution in [3.05, 3.63) is 40.6 Å². The van der Waals surface area contributed by atoms with Crippen LogP contribution >= 0.6 is 12.4 Å². The number of aromatic nitrogens is 2. The zero-order valence-corrected chi connectivity index (χ0v) is 16.9. The first kappa shape index (κ1) is 20.3. The number of anilines is 2. The number of rotatable bonds is 5. The highest BCUT2D eigenvalue weighted by Gasteiger charge is 2.18. The van der Waals surface area contributed by atoms with Crippen molar-refractivity contribution in [2.75, 3.05) is 24.3 Å². The fourth-order valence-corrected chi connectivity index (χ4v) is 3.50. The molecule has 2 N–H and O–H groups in total. The Morgan fingerprint density at radius 3 is 2.77 bits per heavy atom. The molecular formula is C19H28ClN5O. The van der Waals surface area contributed by atoms with Gasteiger partial charge in [-0.05, 0) is 37.5 Å². The van der Waals surface area contributed by atoms with E-state index >= 15 is 0 Å². The lowest BCUT2D eigenvalue weighted by atomic mass is 9.97. The second kappa shape index (κ2) is 8.10. The maximum atomic E-state index is 11.5. The predicted molar refractivity (Wildman–Crippen MR) is 108 cm³/mol. The molecule has 1 amide bonds. The van der Waals surface area contributed by atoms with Crippen LogP contribution < -0.4 is 15.5 Å². The van der Waals surface area contributed by atoms with E-state index < -0.39 is 0 Å².